The van der Waals surface area contributed by atoms with E-state index in [0.717, 1.165) is 17.4 Å². The largest absolute Gasteiger partial charge is 0.309 e. The third-order valence-corrected chi connectivity index (χ3v) is 4.21. The molecular formula is C17H14N6O2S. The number of hydrogen-bond donors (Lipinski definition) is 2. The SMILES string of the molecule is Cc1cc(=O)[nH]c(SCC(=O)Nc2c(C#N)cnn2-c2ccccc2)n1. The molecule has 0 spiro atoms. The number of aryl methyl sites for hydroxylation is 1. The molecule has 9 heteroatoms. The molecule has 0 saturated heterocycles. The number of aromatic nitrogens is 4. The molecule has 3 aromatic rings. The van der Waals surface area contributed by atoms with Crippen LogP contribution in [-0.2, 0) is 4.79 Å². The highest BCUT2D eigenvalue weighted by Crippen LogP contribution is 2.20. The number of rotatable bonds is 5. The van der Waals surface area contributed by atoms with Gasteiger partial charge in [0.05, 0.1) is 17.6 Å². The molecular weight excluding hydrogens is 352 g/mol. The van der Waals surface area contributed by atoms with E-state index in [9.17, 15) is 14.9 Å². The molecule has 0 aliphatic rings. The molecule has 0 bridgehead atoms. The normalized spacial score (nSPS) is 10.3. The van der Waals surface area contributed by atoms with Crippen LogP contribution >= 0.6 is 11.8 Å². The van der Waals surface area contributed by atoms with Crippen molar-refractivity contribution < 1.29 is 4.79 Å². The number of carbonyl (C=O) groups is 1. The minimum absolute atomic E-state index is 0.0250. The highest BCUT2D eigenvalue weighted by atomic mass is 32.2. The Bertz CT molecular complexity index is 1040. The molecule has 130 valence electrons. The van der Waals surface area contributed by atoms with Crippen LogP contribution < -0.4 is 10.9 Å². The zero-order valence-electron chi connectivity index (χ0n) is 13.8. The summed E-state index contributed by atoms with van der Waals surface area (Å²) in [7, 11) is 0. The van der Waals surface area contributed by atoms with Crippen LogP contribution in [0.2, 0.25) is 0 Å². The van der Waals surface area contributed by atoms with Crippen LogP contribution in [0.5, 0.6) is 0 Å². The number of nitrogens with one attached hydrogen (secondary N) is 2. The number of H-pyrrole nitrogens is 1. The van der Waals surface area contributed by atoms with Gasteiger partial charge in [0.1, 0.15) is 11.6 Å². The van der Waals surface area contributed by atoms with Gasteiger partial charge in [0.15, 0.2) is 11.0 Å². The molecule has 8 nitrogen and oxygen atoms in total. The molecule has 3 rings (SSSR count). The van der Waals surface area contributed by atoms with Crippen LogP contribution in [0.1, 0.15) is 11.3 Å². The molecule has 1 aromatic carbocycles. The summed E-state index contributed by atoms with van der Waals surface area (Å²) in [4.78, 5) is 30.5. The lowest BCUT2D eigenvalue weighted by Crippen LogP contribution is -2.18. The van der Waals surface area contributed by atoms with Crippen LogP contribution in [0.15, 0.2) is 52.5 Å². The highest BCUT2D eigenvalue weighted by Gasteiger charge is 2.15. The Morgan fingerprint density at radius 3 is 2.85 bits per heavy atom. The number of nitrogens with zero attached hydrogens (tertiary/aromatic N) is 4. The van der Waals surface area contributed by atoms with Crippen molar-refractivity contribution in [2.45, 2.75) is 12.1 Å². The van der Waals surface area contributed by atoms with E-state index < -0.39 is 0 Å². The topological polar surface area (TPSA) is 116 Å². The number of para-hydroxylation sites is 1. The van der Waals surface area contributed by atoms with Crippen molar-refractivity contribution in [2.75, 3.05) is 11.1 Å². The summed E-state index contributed by atoms with van der Waals surface area (Å²) in [5.74, 6) is -0.0136. The van der Waals surface area contributed by atoms with Gasteiger partial charge in [-0.2, -0.15) is 10.4 Å². The second kappa shape index (κ2) is 7.67. The minimum Gasteiger partial charge on any atom is -0.309 e. The molecule has 2 aromatic heterocycles. The number of nitriles is 1. The summed E-state index contributed by atoms with van der Waals surface area (Å²) < 4.78 is 1.49. The maximum absolute atomic E-state index is 12.3. The van der Waals surface area contributed by atoms with Crippen molar-refractivity contribution >= 4 is 23.5 Å². The van der Waals surface area contributed by atoms with Gasteiger partial charge in [0.25, 0.3) is 5.56 Å². The first-order chi connectivity index (χ1) is 12.6. The standard InChI is InChI=1S/C17H14N6O2S/c1-11-7-14(24)22-17(20-11)26-10-15(25)21-16-12(8-18)9-19-23(16)13-5-3-2-4-6-13/h2-7,9H,10H2,1H3,(H,21,25)(H,20,22,24). The van der Waals surface area contributed by atoms with Crippen LogP contribution in [-0.4, -0.2) is 31.4 Å². The minimum atomic E-state index is -0.340. The van der Waals surface area contributed by atoms with Gasteiger partial charge in [0, 0.05) is 11.8 Å². The Hall–Kier alpha value is -3.38. The fourth-order valence-electron chi connectivity index (χ4n) is 2.24. The van der Waals surface area contributed by atoms with Gasteiger partial charge in [-0.25, -0.2) is 9.67 Å². The quantitative estimate of drug-likeness (QED) is 0.526. The van der Waals surface area contributed by atoms with E-state index in [4.69, 9.17) is 0 Å². The predicted molar refractivity (Wildman–Crippen MR) is 97.2 cm³/mol. The molecule has 0 fully saturated rings. The summed E-state index contributed by atoms with van der Waals surface area (Å²) in [6.07, 6.45) is 1.40. The number of aromatic amines is 1. The molecule has 1 amide bonds. The van der Waals surface area contributed by atoms with E-state index in [0.29, 0.717) is 16.7 Å². The fourth-order valence-corrected chi connectivity index (χ4v) is 2.96. The molecule has 2 N–H and O–H groups in total. The van der Waals surface area contributed by atoms with E-state index in [1.165, 1.54) is 16.9 Å². The Labute approximate surface area is 152 Å². The first-order valence-corrected chi connectivity index (χ1v) is 8.59. The van der Waals surface area contributed by atoms with E-state index in [-0.39, 0.29) is 22.8 Å². The number of thioether (sulfide) groups is 1. The van der Waals surface area contributed by atoms with Gasteiger partial charge >= 0.3 is 0 Å². The van der Waals surface area contributed by atoms with E-state index in [2.05, 4.69) is 20.4 Å². The number of amides is 1. The second-order valence-electron chi connectivity index (χ2n) is 5.29. The summed E-state index contributed by atoms with van der Waals surface area (Å²) in [5.41, 5.74) is 1.29. The van der Waals surface area contributed by atoms with Crippen molar-refractivity contribution in [3.8, 4) is 11.8 Å². The molecule has 0 saturated carbocycles. The second-order valence-corrected chi connectivity index (χ2v) is 6.26. The number of anilines is 1. The molecule has 0 radical (unpaired) electrons. The van der Waals surface area contributed by atoms with Crippen molar-refractivity contribution in [1.29, 1.82) is 5.26 Å². The summed E-state index contributed by atoms with van der Waals surface area (Å²) in [6.45, 7) is 1.71. The fraction of sp³-hybridized carbons (Fsp3) is 0.118. The molecule has 0 aliphatic carbocycles. The first-order valence-electron chi connectivity index (χ1n) is 7.61. The van der Waals surface area contributed by atoms with Crippen LogP contribution in [0.25, 0.3) is 5.69 Å². The van der Waals surface area contributed by atoms with Gasteiger partial charge in [-0.05, 0) is 19.1 Å². The summed E-state index contributed by atoms with van der Waals surface area (Å²) in [6, 6.07) is 12.6. The maximum atomic E-state index is 12.3. The van der Waals surface area contributed by atoms with Crippen molar-refractivity contribution in [2.24, 2.45) is 0 Å². The average Bonchev–Trinajstić information content (AvgIpc) is 3.02. The zero-order valence-corrected chi connectivity index (χ0v) is 14.6. The van der Waals surface area contributed by atoms with Crippen molar-refractivity contribution in [1.82, 2.24) is 19.7 Å². The Morgan fingerprint density at radius 2 is 2.15 bits per heavy atom. The van der Waals surface area contributed by atoms with Gasteiger partial charge in [-0.1, -0.05) is 30.0 Å². The Morgan fingerprint density at radius 1 is 1.38 bits per heavy atom. The zero-order chi connectivity index (χ0) is 18.5. The van der Waals surface area contributed by atoms with Gasteiger partial charge in [-0.3, -0.25) is 9.59 Å². The monoisotopic (exact) mass is 366 g/mol. The van der Waals surface area contributed by atoms with E-state index in [1.807, 2.05) is 36.4 Å². The first kappa shape index (κ1) is 17.4. The van der Waals surface area contributed by atoms with Crippen LogP contribution in [0.4, 0.5) is 5.82 Å². The Kier molecular flexibility index (Phi) is 5.15. The number of carbonyl (C=O) groups excluding carboxylic acids is 1. The molecule has 0 unspecified atom stereocenters. The highest BCUT2D eigenvalue weighted by molar-refractivity contribution is 7.99. The van der Waals surface area contributed by atoms with E-state index in [1.54, 1.807) is 6.92 Å². The van der Waals surface area contributed by atoms with Gasteiger partial charge in [0.2, 0.25) is 5.91 Å². The number of benzene rings is 1. The molecule has 2 heterocycles. The number of hydrogen-bond acceptors (Lipinski definition) is 6. The Balaban J connectivity index is 1.76. The van der Waals surface area contributed by atoms with Crippen LogP contribution in [0.3, 0.4) is 0 Å². The smallest absolute Gasteiger partial charge is 0.251 e. The van der Waals surface area contributed by atoms with Gasteiger partial charge in [-0.15, -0.1) is 0 Å². The maximum Gasteiger partial charge on any atom is 0.251 e. The summed E-state index contributed by atoms with van der Waals surface area (Å²) >= 11 is 1.10. The lowest BCUT2D eigenvalue weighted by Gasteiger charge is -2.09. The van der Waals surface area contributed by atoms with Crippen LogP contribution in [0, 0.1) is 18.3 Å². The van der Waals surface area contributed by atoms with Crippen molar-refractivity contribution in [3.63, 3.8) is 0 Å². The summed E-state index contributed by atoms with van der Waals surface area (Å²) in [5, 5.41) is 16.5. The van der Waals surface area contributed by atoms with E-state index >= 15 is 0 Å². The lowest BCUT2D eigenvalue weighted by molar-refractivity contribution is -0.113. The molecule has 0 atom stereocenters. The predicted octanol–water partition coefficient (Wildman–Crippen LogP) is 1.87. The van der Waals surface area contributed by atoms with Crippen molar-refractivity contribution in [3.05, 3.63) is 64.2 Å². The van der Waals surface area contributed by atoms with Gasteiger partial charge < -0.3 is 10.3 Å². The average molecular weight is 366 g/mol. The molecule has 26 heavy (non-hydrogen) atoms. The lowest BCUT2D eigenvalue weighted by atomic mass is 10.3. The third kappa shape index (κ3) is 3.99. The third-order valence-electron chi connectivity index (χ3n) is 3.34. The molecule has 0 aliphatic heterocycles.